The van der Waals surface area contributed by atoms with Crippen molar-refractivity contribution in [3.05, 3.63) is 42.0 Å². The van der Waals surface area contributed by atoms with Crippen molar-refractivity contribution in [2.75, 3.05) is 5.32 Å². The first-order valence-corrected chi connectivity index (χ1v) is 4.33. The van der Waals surface area contributed by atoms with E-state index in [9.17, 15) is 9.90 Å². The highest BCUT2D eigenvalue weighted by molar-refractivity contribution is 6.07. The van der Waals surface area contributed by atoms with Gasteiger partial charge in [0.25, 0.3) is 5.91 Å². The zero-order valence-corrected chi connectivity index (χ0v) is 7.82. The molecule has 1 aliphatic rings. The first-order chi connectivity index (χ1) is 7.10. The van der Waals surface area contributed by atoms with E-state index >= 15 is 0 Å². The molecule has 0 aliphatic carbocycles. The van der Waals surface area contributed by atoms with Crippen molar-refractivity contribution < 1.29 is 9.90 Å². The molecule has 1 heterocycles. The van der Waals surface area contributed by atoms with Crippen LogP contribution >= 0.6 is 0 Å². The lowest BCUT2D eigenvalue weighted by atomic mass is 9.89. The molecule has 0 bridgehead atoms. The van der Waals surface area contributed by atoms with Crippen LogP contribution in [0.15, 0.2) is 36.4 Å². The monoisotopic (exact) mass is 200 g/mol. The van der Waals surface area contributed by atoms with Crippen LogP contribution in [0.1, 0.15) is 5.56 Å². The number of benzene rings is 1. The first kappa shape index (κ1) is 9.44. The van der Waals surface area contributed by atoms with Crippen LogP contribution in [0.5, 0.6) is 0 Å². The molecule has 0 spiro atoms. The molecule has 1 aliphatic heterocycles. The molecule has 1 unspecified atom stereocenters. The van der Waals surface area contributed by atoms with Gasteiger partial charge in [0, 0.05) is 11.3 Å². The predicted octanol–water partition coefficient (Wildman–Crippen LogP) is 0.906. The Balaban J connectivity index is 2.65. The summed E-state index contributed by atoms with van der Waals surface area (Å²) in [5.41, 5.74) is -1.20. The van der Waals surface area contributed by atoms with Gasteiger partial charge in [-0.25, -0.2) is 0 Å². The minimum atomic E-state index is -1.91. The maximum absolute atomic E-state index is 11.6. The molecule has 1 aromatic rings. The Labute approximate surface area is 86.5 Å². The zero-order chi connectivity index (χ0) is 11.1. The lowest BCUT2D eigenvalue weighted by Crippen LogP contribution is -2.35. The highest BCUT2D eigenvalue weighted by atomic mass is 16.3. The maximum atomic E-state index is 11.6. The van der Waals surface area contributed by atoms with Crippen LogP contribution in [-0.2, 0) is 10.4 Å². The summed E-state index contributed by atoms with van der Waals surface area (Å²) in [6, 6.07) is 8.39. The average molecular weight is 200 g/mol. The second-order valence-corrected chi connectivity index (χ2v) is 3.30. The number of nitriles is 1. The van der Waals surface area contributed by atoms with Crippen LogP contribution < -0.4 is 5.32 Å². The number of aliphatic hydroxyl groups is 1. The molecule has 74 valence electrons. The molecule has 4 nitrogen and oxygen atoms in total. The van der Waals surface area contributed by atoms with E-state index in [0.717, 1.165) is 0 Å². The largest absolute Gasteiger partial charge is 0.371 e. The average Bonchev–Trinajstić information content (AvgIpc) is 2.52. The van der Waals surface area contributed by atoms with E-state index in [4.69, 9.17) is 5.26 Å². The summed E-state index contributed by atoms with van der Waals surface area (Å²) in [6.45, 7) is 3.40. The fourth-order valence-electron chi connectivity index (χ4n) is 1.62. The number of amides is 1. The summed E-state index contributed by atoms with van der Waals surface area (Å²) in [6.07, 6.45) is 0. The number of hydrogen-bond donors (Lipinski definition) is 2. The SMILES string of the molecule is C=C(C#N)C1(O)C(=O)Nc2ccccc21. The van der Waals surface area contributed by atoms with Gasteiger partial charge in [-0.1, -0.05) is 24.8 Å². The van der Waals surface area contributed by atoms with Crippen molar-refractivity contribution in [3.8, 4) is 6.07 Å². The molecular formula is C11H8N2O2. The van der Waals surface area contributed by atoms with E-state index < -0.39 is 11.5 Å². The van der Waals surface area contributed by atoms with Crippen molar-refractivity contribution in [1.82, 2.24) is 0 Å². The Bertz CT molecular complexity index is 502. The van der Waals surface area contributed by atoms with Crippen molar-refractivity contribution in [2.45, 2.75) is 5.60 Å². The van der Waals surface area contributed by atoms with Gasteiger partial charge in [-0.05, 0) is 6.07 Å². The third-order valence-corrected chi connectivity index (χ3v) is 2.47. The molecule has 0 saturated heterocycles. The number of nitrogens with zero attached hydrogens (tertiary/aromatic N) is 1. The summed E-state index contributed by atoms with van der Waals surface area (Å²) < 4.78 is 0. The van der Waals surface area contributed by atoms with Gasteiger partial charge >= 0.3 is 0 Å². The van der Waals surface area contributed by atoms with E-state index in [1.165, 1.54) is 0 Å². The van der Waals surface area contributed by atoms with Crippen molar-refractivity contribution in [1.29, 1.82) is 5.26 Å². The Morgan fingerprint density at radius 2 is 2.20 bits per heavy atom. The minimum absolute atomic E-state index is 0.176. The van der Waals surface area contributed by atoms with E-state index in [1.54, 1.807) is 30.3 Å². The number of rotatable bonds is 1. The van der Waals surface area contributed by atoms with Gasteiger partial charge in [0.15, 0.2) is 0 Å². The molecule has 4 heteroatoms. The van der Waals surface area contributed by atoms with E-state index in [0.29, 0.717) is 11.3 Å². The molecular weight excluding hydrogens is 192 g/mol. The first-order valence-electron chi connectivity index (χ1n) is 4.33. The molecule has 0 saturated carbocycles. The van der Waals surface area contributed by atoms with E-state index in [2.05, 4.69) is 11.9 Å². The normalized spacial score (nSPS) is 22.8. The maximum Gasteiger partial charge on any atom is 0.266 e. The topological polar surface area (TPSA) is 73.1 Å². The van der Waals surface area contributed by atoms with Crippen LogP contribution in [0.3, 0.4) is 0 Å². The third kappa shape index (κ3) is 1.07. The zero-order valence-electron chi connectivity index (χ0n) is 7.82. The minimum Gasteiger partial charge on any atom is -0.371 e. The summed E-state index contributed by atoms with van der Waals surface area (Å²) in [5.74, 6) is -0.629. The van der Waals surface area contributed by atoms with Crippen molar-refractivity contribution in [3.63, 3.8) is 0 Å². The third-order valence-electron chi connectivity index (χ3n) is 2.47. The molecule has 1 atom stereocenters. The second kappa shape index (κ2) is 2.94. The van der Waals surface area contributed by atoms with Gasteiger partial charge in [-0.15, -0.1) is 0 Å². The van der Waals surface area contributed by atoms with E-state index in [-0.39, 0.29) is 5.57 Å². The summed E-state index contributed by atoms with van der Waals surface area (Å²) in [7, 11) is 0. The highest BCUT2D eigenvalue weighted by Crippen LogP contribution is 2.39. The highest BCUT2D eigenvalue weighted by Gasteiger charge is 2.47. The van der Waals surface area contributed by atoms with Crippen LogP contribution in [0.25, 0.3) is 0 Å². The van der Waals surface area contributed by atoms with Gasteiger partial charge in [0.2, 0.25) is 5.60 Å². The molecule has 0 aromatic heterocycles. The fraction of sp³-hybridized carbons (Fsp3) is 0.0909. The smallest absolute Gasteiger partial charge is 0.266 e. The Morgan fingerprint density at radius 1 is 1.53 bits per heavy atom. The van der Waals surface area contributed by atoms with Gasteiger partial charge < -0.3 is 10.4 Å². The van der Waals surface area contributed by atoms with Crippen LogP contribution in [0.2, 0.25) is 0 Å². The molecule has 2 rings (SSSR count). The molecule has 0 radical (unpaired) electrons. The number of hydrogen-bond acceptors (Lipinski definition) is 3. The Kier molecular flexibility index (Phi) is 1.85. The standard InChI is InChI=1S/C11H8N2O2/c1-7(6-12)11(15)8-4-2-3-5-9(8)13-10(11)14/h2-5,15H,1H2,(H,13,14). The number of anilines is 1. The quantitative estimate of drug-likeness (QED) is 0.661. The summed E-state index contributed by atoms with van der Waals surface area (Å²) in [4.78, 5) is 11.6. The molecule has 1 amide bonds. The van der Waals surface area contributed by atoms with Gasteiger partial charge in [0.1, 0.15) is 0 Å². The van der Waals surface area contributed by atoms with E-state index in [1.807, 2.05) is 0 Å². The van der Waals surface area contributed by atoms with Crippen LogP contribution in [0.4, 0.5) is 5.69 Å². The summed E-state index contributed by atoms with van der Waals surface area (Å²) in [5, 5.41) is 21.4. The Hall–Kier alpha value is -2.12. The van der Waals surface area contributed by atoms with Gasteiger partial charge in [0.05, 0.1) is 11.6 Å². The van der Waals surface area contributed by atoms with Crippen LogP contribution in [0, 0.1) is 11.3 Å². The van der Waals surface area contributed by atoms with Crippen LogP contribution in [-0.4, -0.2) is 11.0 Å². The number of carbonyl (C=O) groups excluding carboxylic acids is 1. The van der Waals surface area contributed by atoms with Gasteiger partial charge in [-0.3, -0.25) is 4.79 Å². The summed E-state index contributed by atoms with van der Waals surface area (Å²) >= 11 is 0. The molecule has 2 N–H and O–H groups in total. The molecule has 1 aromatic carbocycles. The van der Waals surface area contributed by atoms with Crippen molar-refractivity contribution >= 4 is 11.6 Å². The number of carbonyl (C=O) groups is 1. The fourth-order valence-corrected chi connectivity index (χ4v) is 1.62. The Morgan fingerprint density at radius 3 is 2.87 bits per heavy atom. The van der Waals surface area contributed by atoms with Gasteiger partial charge in [-0.2, -0.15) is 5.26 Å². The molecule has 15 heavy (non-hydrogen) atoms. The lowest BCUT2D eigenvalue weighted by molar-refractivity contribution is -0.129. The molecule has 0 fully saturated rings. The number of fused-ring (bicyclic) bond motifs is 1. The lowest BCUT2D eigenvalue weighted by Gasteiger charge is -2.18. The second-order valence-electron chi connectivity index (χ2n) is 3.30. The van der Waals surface area contributed by atoms with Crippen molar-refractivity contribution in [2.24, 2.45) is 0 Å². The number of nitrogens with one attached hydrogen (secondary N) is 1. The number of para-hydroxylation sites is 1. The predicted molar refractivity (Wildman–Crippen MR) is 53.7 cm³/mol.